The molecule has 0 atom stereocenters. The van der Waals surface area contributed by atoms with E-state index < -0.39 is 15.0 Å². The highest BCUT2D eigenvalue weighted by Crippen LogP contribution is 2.16. The molecular formula is C9H19N5O4Si. The van der Waals surface area contributed by atoms with Crippen LogP contribution in [0.15, 0.2) is 6.33 Å². The fourth-order valence-corrected chi connectivity index (χ4v) is 3.65. The van der Waals surface area contributed by atoms with Crippen molar-refractivity contribution in [2.24, 2.45) is 0 Å². The van der Waals surface area contributed by atoms with Gasteiger partial charge in [-0.05, 0) is 6.42 Å². The Hall–Kier alpha value is -1.49. The molecule has 0 aliphatic rings. The zero-order chi connectivity index (χ0) is 14.5. The molecule has 0 unspecified atom stereocenters. The van der Waals surface area contributed by atoms with Gasteiger partial charge in [-0.1, -0.05) is 6.92 Å². The van der Waals surface area contributed by atoms with E-state index in [2.05, 4.69) is 10.1 Å². The first-order valence-electron chi connectivity index (χ1n) is 5.69. The van der Waals surface area contributed by atoms with Gasteiger partial charge in [-0.15, -0.1) is 9.78 Å². The van der Waals surface area contributed by atoms with Gasteiger partial charge in [-0.25, -0.2) is 4.79 Å². The number of hydrogen-bond acceptors (Lipinski definition) is 7. The highest BCUT2D eigenvalue weighted by atomic mass is 28.4. The van der Waals surface area contributed by atoms with Crippen LogP contribution < -0.4 is 5.73 Å². The summed E-state index contributed by atoms with van der Waals surface area (Å²) >= 11 is 0. The third kappa shape index (κ3) is 2.92. The van der Waals surface area contributed by atoms with Gasteiger partial charge in [0.2, 0.25) is 5.95 Å². The van der Waals surface area contributed by atoms with Crippen LogP contribution in [-0.2, 0) is 13.3 Å². The summed E-state index contributed by atoms with van der Waals surface area (Å²) in [4.78, 5) is 16.2. The molecule has 1 heterocycles. The van der Waals surface area contributed by atoms with Gasteiger partial charge in [0.15, 0.2) is 0 Å². The predicted molar refractivity (Wildman–Crippen MR) is 69.0 cm³/mol. The number of carbonyl (C=O) groups excluding carboxylic acids is 1. The Kier molecular flexibility index (Phi) is 5.41. The molecule has 0 radical (unpaired) electrons. The Morgan fingerprint density at radius 1 is 1.42 bits per heavy atom. The number of hydrogen-bond donors (Lipinski definition) is 1. The Labute approximate surface area is 112 Å². The minimum atomic E-state index is -3.27. The number of nitrogens with two attached hydrogens (primary N) is 1. The van der Waals surface area contributed by atoms with E-state index in [0.29, 0.717) is 13.0 Å². The quantitative estimate of drug-likeness (QED) is 0.730. The molecule has 0 spiro atoms. The summed E-state index contributed by atoms with van der Waals surface area (Å²) in [5, 5.41) is 3.78. The van der Waals surface area contributed by atoms with Crippen molar-refractivity contribution in [3.8, 4) is 0 Å². The van der Waals surface area contributed by atoms with E-state index in [1.165, 1.54) is 32.2 Å². The number of anilines is 1. The number of nitrogen functional groups attached to an aromatic ring is 1. The second-order valence-electron chi connectivity index (χ2n) is 3.60. The molecule has 0 fully saturated rings. The molecule has 9 nitrogen and oxygen atoms in total. The first kappa shape index (κ1) is 15.6. The van der Waals surface area contributed by atoms with Crippen molar-refractivity contribution >= 4 is 20.9 Å². The number of amides is 1. The molecule has 0 saturated heterocycles. The summed E-state index contributed by atoms with van der Waals surface area (Å²) in [6.07, 6.45) is 1.90. The number of carbonyl (C=O) groups is 1. The van der Waals surface area contributed by atoms with Gasteiger partial charge in [0.1, 0.15) is 6.33 Å². The first-order valence-corrected chi connectivity index (χ1v) is 7.36. The van der Waals surface area contributed by atoms with E-state index in [9.17, 15) is 4.79 Å². The Bertz CT molecular complexity index is 414. The van der Waals surface area contributed by atoms with Crippen molar-refractivity contribution in [2.45, 2.75) is 13.3 Å². The van der Waals surface area contributed by atoms with Crippen LogP contribution in [-0.4, -0.2) is 62.2 Å². The highest BCUT2D eigenvalue weighted by Gasteiger charge is 2.50. The van der Waals surface area contributed by atoms with Crippen LogP contribution in [0.2, 0.25) is 0 Å². The molecule has 1 rings (SSSR count). The van der Waals surface area contributed by atoms with Crippen LogP contribution in [0.1, 0.15) is 13.3 Å². The molecule has 1 amide bonds. The molecular weight excluding hydrogens is 270 g/mol. The average Bonchev–Trinajstić information content (AvgIpc) is 2.85. The van der Waals surface area contributed by atoms with Gasteiger partial charge in [0, 0.05) is 27.9 Å². The molecule has 10 heteroatoms. The lowest BCUT2D eigenvalue weighted by molar-refractivity contribution is 0.0680. The van der Waals surface area contributed by atoms with E-state index >= 15 is 0 Å². The summed E-state index contributed by atoms with van der Waals surface area (Å²) in [7, 11) is 1.02. The van der Waals surface area contributed by atoms with Gasteiger partial charge in [0.05, 0.1) is 0 Å². The normalized spacial score (nSPS) is 11.6. The minimum absolute atomic E-state index is 0.00249. The Morgan fingerprint density at radius 2 is 2.00 bits per heavy atom. The predicted octanol–water partition coefficient (Wildman–Crippen LogP) is -0.0848. The molecule has 0 bridgehead atoms. The molecule has 0 aromatic carbocycles. The van der Waals surface area contributed by atoms with Crippen molar-refractivity contribution in [1.29, 1.82) is 0 Å². The molecule has 1 aromatic heterocycles. The number of aromatic nitrogens is 3. The second-order valence-corrected chi connectivity index (χ2v) is 6.41. The van der Waals surface area contributed by atoms with E-state index in [-0.39, 0.29) is 5.95 Å². The Balaban J connectivity index is 3.13. The second kappa shape index (κ2) is 6.61. The van der Waals surface area contributed by atoms with E-state index in [1.54, 1.807) is 0 Å². The van der Waals surface area contributed by atoms with Crippen LogP contribution in [0.4, 0.5) is 10.7 Å². The van der Waals surface area contributed by atoms with Crippen LogP contribution in [0.5, 0.6) is 0 Å². The number of rotatable bonds is 6. The summed E-state index contributed by atoms with van der Waals surface area (Å²) < 4.78 is 18.3. The Morgan fingerprint density at radius 3 is 2.37 bits per heavy atom. The topological polar surface area (TPSA) is 105 Å². The highest BCUT2D eigenvalue weighted by molar-refractivity contribution is 6.60. The largest absolute Gasteiger partial charge is 0.636 e. The summed E-state index contributed by atoms with van der Waals surface area (Å²) in [5.74, 6) is -0.00249. The van der Waals surface area contributed by atoms with Gasteiger partial charge in [0.25, 0.3) is 0 Å². The van der Waals surface area contributed by atoms with Crippen molar-refractivity contribution < 1.29 is 18.1 Å². The minimum Gasteiger partial charge on any atom is -0.368 e. The fraction of sp³-hybridized carbons (Fsp3) is 0.667. The maximum atomic E-state index is 12.4. The van der Waals surface area contributed by atoms with Crippen LogP contribution in [0, 0.1) is 0 Å². The lowest BCUT2D eigenvalue weighted by Crippen LogP contribution is -2.62. The summed E-state index contributed by atoms with van der Waals surface area (Å²) in [6, 6.07) is -0.492. The smallest absolute Gasteiger partial charge is 0.368 e. The lowest BCUT2D eigenvalue weighted by atomic mass is 10.5. The van der Waals surface area contributed by atoms with Crippen molar-refractivity contribution in [3.05, 3.63) is 6.33 Å². The van der Waals surface area contributed by atoms with Crippen LogP contribution >= 0.6 is 0 Å². The van der Waals surface area contributed by atoms with Crippen LogP contribution in [0.25, 0.3) is 0 Å². The van der Waals surface area contributed by atoms with Gasteiger partial charge in [-0.3, -0.25) is 4.57 Å². The van der Waals surface area contributed by atoms with Gasteiger partial charge < -0.3 is 19.0 Å². The van der Waals surface area contributed by atoms with Crippen LogP contribution in [0.3, 0.4) is 0 Å². The average molecular weight is 289 g/mol. The molecule has 1 aromatic rings. The van der Waals surface area contributed by atoms with E-state index in [4.69, 9.17) is 19.0 Å². The fourth-order valence-electron chi connectivity index (χ4n) is 1.67. The third-order valence-electron chi connectivity index (χ3n) is 2.54. The standard InChI is InChI=1S/C9H19N5O4Si/c1-5-6-13(19(16-2,17-3)18-4)9(15)14-8(10)11-7-12-14/h7H,5-6H2,1-4H3,(H2,10,11,12). The zero-order valence-corrected chi connectivity index (χ0v) is 12.5. The monoisotopic (exact) mass is 289 g/mol. The molecule has 0 aliphatic carbocycles. The summed E-state index contributed by atoms with van der Waals surface area (Å²) in [5.41, 5.74) is 5.58. The zero-order valence-electron chi connectivity index (χ0n) is 11.5. The first-order chi connectivity index (χ1) is 9.06. The van der Waals surface area contributed by atoms with Crippen molar-refractivity contribution in [3.63, 3.8) is 0 Å². The SMILES string of the molecule is CCCN(C(=O)n1ncnc1N)[Si](OC)(OC)OC. The van der Waals surface area contributed by atoms with Crippen molar-refractivity contribution in [1.82, 2.24) is 19.3 Å². The molecule has 2 N–H and O–H groups in total. The third-order valence-corrected chi connectivity index (χ3v) is 5.16. The molecule has 0 aliphatic heterocycles. The van der Waals surface area contributed by atoms with E-state index in [1.807, 2.05) is 6.92 Å². The van der Waals surface area contributed by atoms with Gasteiger partial charge in [-0.2, -0.15) is 4.98 Å². The lowest BCUT2D eigenvalue weighted by Gasteiger charge is -2.34. The van der Waals surface area contributed by atoms with Crippen molar-refractivity contribution in [2.75, 3.05) is 33.6 Å². The maximum Gasteiger partial charge on any atom is 0.636 e. The molecule has 19 heavy (non-hydrogen) atoms. The maximum absolute atomic E-state index is 12.4. The summed E-state index contributed by atoms with van der Waals surface area (Å²) in [6.45, 7) is 2.31. The molecule has 108 valence electrons. The van der Waals surface area contributed by atoms with E-state index in [0.717, 1.165) is 4.68 Å². The molecule has 0 saturated carbocycles. The number of nitrogens with zero attached hydrogens (tertiary/aromatic N) is 4. The van der Waals surface area contributed by atoms with Gasteiger partial charge >= 0.3 is 15.0 Å².